The van der Waals surface area contributed by atoms with Gasteiger partial charge in [-0.25, -0.2) is 0 Å². The third-order valence-electron chi connectivity index (χ3n) is 3.65. The molecule has 1 aliphatic carbocycles. The fourth-order valence-corrected chi connectivity index (χ4v) is 3.92. The highest BCUT2D eigenvalue weighted by Crippen LogP contribution is 2.29. The van der Waals surface area contributed by atoms with E-state index in [2.05, 4.69) is 56.0 Å². The molecule has 1 aliphatic rings. The van der Waals surface area contributed by atoms with Crippen molar-refractivity contribution >= 4 is 11.8 Å². The molecule has 0 spiro atoms. The van der Waals surface area contributed by atoms with Gasteiger partial charge in [-0.2, -0.15) is 11.8 Å². The van der Waals surface area contributed by atoms with Crippen LogP contribution < -0.4 is 10.1 Å². The first kappa shape index (κ1) is 15.7. The summed E-state index contributed by atoms with van der Waals surface area (Å²) in [7, 11) is 0. The highest BCUT2D eigenvalue weighted by molar-refractivity contribution is 7.99. The molecule has 0 aliphatic heterocycles. The molecule has 20 heavy (non-hydrogen) atoms. The summed E-state index contributed by atoms with van der Waals surface area (Å²) >= 11 is 2.11. The fraction of sp³-hybridized carbons (Fsp3) is 0.647. The normalized spacial score (nSPS) is 22.4. The Morgan fingerprint density at radius 2 is 2.20 bits per heavy atom. The van der Waals surface area contributed by atoms with Crippen LogP contribution in [0.5, 0.6) is 5.75 Å². The molecule has 1 aromatic carbocycles. The predicted octanol–water partition coefficient (Wildman–Crippen LogP) is 4.24. The molecule has 1 fully saturated rings. The average Bonchev–Trinajstić information content (AvgIpc) is 2.84. The van der Waals surface area contributed by atoms with E-state index in [1.54, 1.807) is 0 Å². The molecule has 112 valence electrons. The van der Waals surface area contributed by atoms with Gasteiger partial charge in [-0.1, -0.05) is 19.1 Å². The van der Waals surface area contributed by atoms with E-state index in [0.29, 0.717) is 6.04 Å². The molecule has 0 saturated heterocycles. The lowest BCUT2D eigenvalue weighted by Gasteiger charge is -2.14. The van der Waals surface area contributed by atoms with Crippen LogP contribution in [0.3, 0.4) is 0 Å². The van der Waals surface area contributed by atoms with Gasteiger partial charge in [0.1, 0.15) is 5.75 Å². The highest BCUT2D eigenvalue weighted by atomic mass is 32.2. The fourth-order valence-electron chi connectivity index (χ4n) is 2.78. The zero-order valence-electron chi connectivity index (χ0n) is 12.9. The van der Waals surface area contributed by atoms with Gasteiger partial charge in [0.2, 0.25) is 0 Å². The minimum Gasteiger partial charge on any atom is -0.491 e. The van der Waals surface area contributed by atoms with Crippen LogP contribution in [0.15, 0.2) is 24.3 Å². The quantitative estimate of drug-likeness (QED) is 0.812. The van der Waals surface area contributed by atoms with Gasteiger partial charge >= 0.3 is 0 Å². The SMILES string of the molecule is CCSC1CCC(NCc2cccc(OC(C)C)c2)C1. The van der Waals surface area contributed by atoms with Gasteiger partial charge in [0.25, 0.3) is 0 Å². The summed E-state index contributed by atoms with van der Waals surface area (Å²) in [6.45, 7) is 7.33. The Morgan fingerprint density at radius 1 is 1.35 bits per heavy atom. The van der Waals surface area contributed by atoms with Crippen LogP contribution in [0.2, 0.25) is 0 Å². The molecule has 2 atom stereocenters. The number of hydrogen-bond acceptors (Lipinski definition) is 3. The number of ether oxygens (including phenoxy) is 1. The molecule has 1 saturated carbocycles. The van der Waals surface area contributed by atoms with Gasteiger partial charge in [-0.15, -0.1) is 0 Å². The minimum absolute atomic E-state index is 0.236. The van der Waals surface area contributed by atoms with Gasteiger partial charge < -0.3 is 10.1 Å². The molecule has 3 heteroatoms. The highest BCUT2D eigenvalue weighted by Gasteiger charge is 2.23. The zero-order chi connectivity index (χ0) is 14.4. The van der Waals surface area contributed by atoms with Gasteiger partial charge in [0.15, 0.2) is 0 Å². The van der Waals surface area contributed by atoms with E-state index in [0.717, 1.165) is 17.5 Å². The molecule has 2 rings (SSSR count). The van der Waals surface area contributed by atoms with Gasteiger partial charge in [0, 0.05) is 17.8 Å². The van der Waals surface area contributed by atoms with Crippen LogP contribution in [-0.2, 0) is 6.54 Å². The van der Waals surface area contributed by atoms with E-state index in [1.165, 1.54) is 30.6 Å². The number of benzene rings is 1. The maximum Gasteiger partial charge on any atom is 0.120 e. The van der Waals surface area contributed by atoms with Crippen molar-refractivity contribution in [3.63, 3.8) is 0 Å². The van der Waals surface area contributed by atoms with Crippen LogP contribution in [0.25, 0.3) is 0 Å². The minimum atomic E-state index is 0.236. The summed E-state index contributed by atoms with van der Waals surface area (Å²) in [6.07, 6.45) is 4.24. The van der Waals surface area contributed by atoms with Crippen LogP contribution in [0.4, 0.5) is 0 Å². The Kier molecular flexibility index (Phi) is 6.24. The molecule has 1 N–H and O–H groups in total. The van der Waals surface area contributed by atoms with Gasteiger partial charge in [-0.05, 0) is 56.6 Å². The zero-order valence-corrected chi connectivity index (χ0v) is 13.7. The molecule has 2 unspecified atom stereocenters. The Bertz CT molecular complexity index is 408. The summed E-state index contributed by atoms with van der Waals surface area (Å²) in [5, 5.41) is 4.57. The van der Waals surface area contributed by atoms with E-state index in [9.17, 15) is 0 Å². The Balaban J connectivity index is 1.79. The van der Waals surface area contributed by atoms with Crippen LogP contribution in [0, 0.1) is 0 Å². The maximum atomic E-state index is 5.74. The molecule has 1 aromatic rings. The number of rotatable bonds is 7. The standard InChI is InChI=1S/C17H27NOS/c1-4-20-17-9-8-15(11-17)18-12-14-6-5-7-16(10-14)19-13(2)3/h5-7,10,13,15,17-18H,4,8-9,11-12H2,1-3H3. The Hall–Kier alpha value is -0.670. The molecule has 2 nitrogen and oxygen atoms in total. The largest absolute Gasteiger partial charge is 0.491 e. The second-order valence-corrected chi connectivity index (χ2v) is 7.36. The first-order chi connectivity index (χ1) is 9.67. The Morgan fingerprint density at radius 3 is 2.95 bits per heavy atom. The molecule has 0 heterocycles. The van der Waals surface area contributed by atoms with Crippen molar-refractivity contribution in [2.75, 3.05) is 5.75 Å². The second kappa shape index (κ2) is 7.94. The molecule has 0 amide bonds. The van der Waals surface area contributed by atoms with E-state index < -0.39 is 0 Å². The van der Waals surface area contributed by atoms with E-state index >= 15 is 0 Å². The Labute approximate surface area is 127 Å². The lowest BCUT2D eigenvalue weighted by Crippen LogP contribution is -2.26. The lowest BCUT2D eigenvalue weighted by molar-refractivity contribution is 0.242. The second-order valence-electron chi connectivity index (χ2n) is 5.78. The summed E-state index contributed by atoms with van der Waals surface area (Å²) in [4.78, 5) is 0. The molecule has 0 bridgehead atoms. The monoisotopic (exact) mass is 293 g/mol. The van der Waals surface area contributed by atoms with E-state index in [1.807, 2.05) is 6.07 Å². The lowest BCUT2D eigenvalue weighted by atomic mass is 10.2. The first-order valence-corrected chi connectivity index (χ1v) is 8.82. The average molecular weight is 293 g/mol. The van der Waals surface area contributed by atoms with Crippen molar-refractivity contribution in [2.24, 2.45) is 0 Å². The van der Waals surface area contributed by atoms with Crippen LogP contribution >= 0.6 is 11.8 Å². The van der Waals surface area contributed by atoms with Crippen LogP contribution in [0.1, 0.15) is 45.6 Å². The molecule has 0 radical (unpaired) electrons. The van der Waals surface area contributed by atoms with Crippen LogP contribution in [-0.4, -0.2) is 23.1 Å². The third-order valence-corrected chi connectivity index (χ3v) is 4.88. The third kappa shape index (κ3) is 5.02. The first-order valence-electron chi connectivity index (χ1n) is 7.78. The summed E-state index contributed by atoms with van der Waals surface area (Å²) < 4.78 is 5.74. The molecular formula is C17H27NOS. The van der Waals surface area contributed by atoms with E-state index in [4.69, 9.17) is 4.74 Å². The van der Waals surface area contributed by atoms with Crippen molar-refractivity contribution in [1.82, 2.24) is 5.32 Å². The predicted molar refractivity (Wildman–Crippen MR) is 88.6 cm³/mol. The van der Waals surface area contributed by atoms with Crippen molar-refractivity contribution in [1.29, 1.82) is 0 Å². The summed E-state index contributed by atoms with van der Waals surface area (Å²) in [6, 6.07) is 9.13. The number of thioether (sulfide) groups is 1. The smallest absolute Gasteiger partial charge is 0.120 e. The summed E-state index contributed by atoms with van der Waals surface area (Å²) in [5.41, 5.74) is 1.31. The number of nitrogens with one attached hydrogen (secondary N) is 1. The van der Waals surface area contributed by atoms with Crippen molar-refractivity contribution in [3.05, 3.63) is 29.8 Å². The number of hydrogen-bond donors (Lipinski definition) is 1. The topological polar surface area (TPSA) is 21.3 Å². The maximum absolute atomic E-state index is 5.74. The van der Waals surface area contributed by atoms with Gasteiger partial charge in [0.05, 0.1) is 6.10 Å². The molecule has 0 aromatic heterocycles. The van der Waals surface area contributed by atoms with Crippen molar-refractivity contribution in [2.45, 2.75) is 64.0 Å². The van der Waals surface area contributed by atoms with Crippen molar-refractivity contribution < 1.29 is 4.74 Å². The van der Waals surface area contributed by atoms with E-state index in [-0.39, 0.29) is 6.10 Å². The molecular weight excluding hydrogens is 266 g/mol. The van der Waals surface area contributed by atoms with Gasteiger partial charge in [-0.3, -0.25) is 0 Å². The van der Waals surface area contributed by atoms with Crippen molar-refractivity contribution in [3.8, 4) is 5.75 Å². The summed E-state index contributed by atoms with van der Waals surface area (Å²) in [5.74, 6) is 2.22.